The maximum Gasteiger partial charge on any atom is 0.303 e. The van der Waals surface area contributed by atoms with E-state index >= 15 is 0 Å². The molecule has 0 aromatic heterocycles. The number of halogens is 1. The monoisotopic (exact) mass is 1280 g/mol. The summed E-state index contributed by atoms with van der Waals surface area (Å²) < 4.78 is 0. The number of aldehydes is 1. The van der Waals surface area contributed by atoms with E-state index in [9.17, 15) is 34.8 Å². The van der Waals surface area contributed by atoms with E-state index in [-0.39, 0.29) is 41.9 Å². The minimum atomic E-state index is -0.682. The van der Waals surface area contributed by atoms with Gasteiger partial charge in [0.05, 0.1) is 18.3 Å². The number of aliphatic hydroxyl groups excluding tert-OH is 6. The lowest BCUT2D eigenvalue weighted by Gasteiger charge is -2.24. The molecule has 0 aliphatic heterocycles. The molecule has 4 unspecified atom stereocenters. The van der Waals surface area contributed by atoms with Crippen LogP contribution >= 0.6 is 0 Å². The molecule has 0 bridgehead atoms. The maximum absolute atomic E-state index is 10.4. The van der Waals surface area contributed by atoms with Gasteiger partial charge in [-0.15, -0.1) is 0 Å². The second-order valence-electron chi connectivity index (χ2n) is 24.5. The van der Waals surface area contributed by atoms with Gasteiger partial charge in [0.15, 0.2) is 0 Å². The van der Waals surface area contributed by atoms with Crippen LogP contribution in [0.15, 0.2) is 85.1 Å². The summed E-state index contributed by atoms with van der Waals surface area (Å²) in [4.78, 5) is 30.4. The molecule has 0 aromatic rings. The Morgan fingerprint density at radius 1 is 0.402 bits per heavy atom. The van der Waals surface area contributed by atoms with E-state index < -0.39 is 18.0 Å². The van der Waals surface area contributed by atoms with Crippen LogP contribution in [-0.4, -0.2) is 96.7 Å². The Kier molecular flexibility index (Phi) is 66.0. The lowest BCUT2D eigenvalue weighted by molar-refractivity contribution is -0.138. The van der Waals surface area contributed by atoms with E-state index in [1.54, 1.807) is 0 Å². The van der Waals surface area contributed by atoms with Crippen LogP contribution in [0.1, 0.15) is 296 Å². The van der Waals surface area contributed by atoms with Gasteiger partial charge in [-0.1, -0.05) is 233 Å². The zero-order valence-corrected chi connectivity index (χ0v) is 56.3. The van der Waals surface area contributed by atoms with Crippen LogP contribution in [0.4, 0.5) is 0 Å². The lowest BCUT2D eigenvalue weighted by Crippen LogP contribution is -3.00. The smallest absolute Gasteiger partial charge is 0.303 e. The van der Waals surface area contributed by atoms with Crippen molar-refractivity contribution in [3.8, 4) is 11.8 Å². The van der Waals surface area contributed by atoms with Crippen LogP contribution in [0.3, 0.4) is 0 Å². The molecule has 0 saturated heterocycles. The zero-order valence-electron chi connectivity index (χ0n) is 54.7. The Morgan fingerprint density at radius 3 is 1.07 bits per heavy atom. The first kappa shape index (κ1) is 85.7. The largest absolute Gasteiger partial charge is 1.00 e. The molecule has 4 aliphatic carbocycles. The van der Waals surface area contributed by atoms with Crippen LogP contribution in [0.2, 0.25) is 0 Å². The molecular formula is C75H128BrO11-. The molecule has 502 valence electrons. The van der Waals surface area contributed by atoms with Crippen molar-refractivity contribution >= 4 is 18.2 Å². The molecule has 4 rings (SSSR count). The van der Waals surface area contributed by atoms with Crippen molar-refractivity contribution in [1.82, 2.24) is 0 Å². The first-order valence-electron chi connectivity index (χ1n) is 35.0. The highest BCUT2D eigenvalue weighted by Gasteiger charge is 2.22. The number of aliphatic hydroxyl groups is 6. The van der Waals surface area contributed by atoms with E-state index in [1.807, 2.05) is 54.7 Å². The Balaban J connectivity index is 0. The summed E-state index contributed by atoms with van der Waals surface area (Å²) in [6.45, 7) is 2.65. The van der Waals surface area contributed by atoms with E-state index in [2.05, 4.69) is 49.1 Å². The van der Waals surface area contributed by atoms with Gasteiger partial charge in [-0.25, -0.2) is 0 Å². The molecule has 4 atom stereocenters. The van der Waals surface area contributed by atoms with E-state index in [1.165, 1.54) is 141 Å². The zero-order chi connectivity index (χ0) is 63.0. The first-order chi connectivity index (χ1) is 42.0. The summed E-state index contributed by atoms with van der Waals surface area (Å²) in [5.74, 6) is 6.33. The summed E-state index contributed by atoms with van der Waals surface area (Å²) in [5, 5.41) is 74.0. The molecule has 0 amide bonds. The molecule has 4 fully saturated rings. The van der Waals surface area contributed by atoms with Crippen LogP contribution in [0.25, 0.3) is 0 Å². The molecule has 11 nitrogen and oxygen atoms in total. The number of rotatable bonds is 39. The van der Waals surface area contributed by atoms with Crippen LogP contribution in [-0.2, 0) is 14.4 Å². The van der Waals surface area contributed by atoms with Crippen LogP contribution < -0.4 is 17.0 Å². The van der Waals surface area contributed by atoms with Crippen molar-refractivity contribution in [1.29, 1.82) is 0 Å². The molecule has 0 heterocycles. The van der Waals surface area contributed by atoms with E-state index in [0.717, 1.165) is 135 Å². The minimum absolute atomic E-state index is 0. The second kappa shape index (κ2) is 67.0. The molecule has 0 spiro atoms. The summed E-state index contributed by atoms with van der Waals surface area (Å²) in [6, 6.07) is 0. The number of carbonyl (C=O) groups excluding carboxylic acids is 1. The number of hydrogen-bond acceptors (Lipinski definition) is 9. The highest BCUT2D eigenvalue weighted by Crippen LogP contribution is 2.29. The minimum Gasteiger partial charge on any atom is -1.00 e. The van der Waals surface area contributed by atoms with Gasteiger partial charge in [-0.05, 0) is 165 Å². The third-order valence-electron chi connectivity index (χ3n) is 16.8. The topological polar surface area (TPSA) is 213 Å². The van der Waals surface area contributed by atoms with Gasteiger partial charge in [0.25, 0.3) is 0 Å². The number of allylic oxidation sites excluding steroid dienone is 11. The molecule has 4 aliphatic rings. The average Bonchev–Trinajstić information content (AvgIpc) is 3.66. The number of carboxylic acid groups (broad SMARTS) is 2. The van der Waals surface area contributed by atoms with Crippen LogP contribution in [0, 0.1) is 35.5 Å². The molecule has 12 heteroatoms. The molecular weight excluding hydrogens is 1160 g/mol. The highest BCUT2D eigenvalue weighted by molar-refractivity contribution is 5.66. The third-order valence-corrected chi connectivity index (χ3v) is 16.8. The summed E-state index contributed by atoms with van der Waals surface area (Å²) in [5.41, 5.74) is 0. The molecule has 87 heavy (non-hydrogen) atoms. The predicted octanol–water partition coefficient (Wildman–Crippen LogP) is 14.7. The number of carboxylic acids is 2. The van der Waals surface area contributed by atoms with Crippen molar-refractivity contribution in [2.75, 3.05) is 13.2 Å². The molecule has 0 aromatic carbocycles. The van der Waals surface area contributed by atoms with Crippen molar-refractivity contribution in [2.24, 2.45) is 23.7 Å². The summed E-state index contributed by atoms with van der Waals surface area (Å²) >= 11 is 0. The fraction of sp³-hybridized carbons (Fsp3) is 0.747. The second-order valence-corrected chi connectivity index (χ2v) is 24.5. The number of aliphatic carboxylic acids is 2. The van der Waals surface area contributed by atoms with E-state index in [4.69, 9.17) is 20.4 Å². The Morgan fingerprint density at radius 2 is 0.713 bits per heavy atom. The standard InChI is InChI=1S/C21H36O3.C16H28O2.2C16H26O2.C6H12O2.BrH/c22-20(19-15-11-10-12-16-19)17-13-8-6-4-2-1-3-5-7-9-14-18-21(23)24;3*17-14-10-5-3-1-2-4-9-13-16(18)15-11-7-6-8-12-15;1-2-3-4-5-6(7)8;/h6,8,13,17,19-20,22H,1-5,7,9-12,14-16,18H2,(H,23,24);2,4,9,13,15-18H,1,3,5-8,10-12,14H2;2,4,15-18H,1,3,5-8,10-12,14H2;2,4,9,13-16,18H,1,3,5-8,10-12H2;2-5H2,1H3,(H,7,8);1H/p-1/b8-6-,17-13+;4-2-,13-9+;4-2-;4-2-,13-9+;;. The quantitative estimate of drug-likeness (QED) is 0.0125. The van der Waals surface area contributed by atoms with Gasteiger partial charge in [-0.3, -0.25) is 9.59 Å². The maximum atomic E-state index is 10.4. The van der Waals surface area contributed by atoms with Crippen molar-refractivity contribution in [3.63, 3.8) is 0 Å². The van der Waals surface area contributed by atoms with E-state index in [0.29, 0.717) is 49.5 Å². The normalized spacial score (nSPS) is 17.7. The lowest BCUT2D eigenvalue weighted by atomic mass is 9.85. The third kappa shape index (κ3) is 58.7. The van der Waals surface area contributed by atoms with Crippen molar-refractivity contribution in [3.05, 3.63) is 85.1 Å². The van der Waals surface area contributed by atoms with Gasteiger partial charge >= 0.3 is 11.9 Å². The fourth-order valence-corrected chi connectivity index (χ4v) is 11.3. The molecule has 4 saturated carbocycles. The fourth-order valence-electron chi connectivity index (χ4n) is 11.3. The molecule has 8 N–H and O–H groups in total. The van der Waals surface area contributed by atoms with Gasteiger partial charge < -0.3 is 62.6 Å². The van der Waals surface area contributed by atoms with Crippen LogP contribution in [0.5, 0.6) is 0 Å². The van der Waals surface area contributed by atoms with Gasteiger partial charge in [0.1, 0.15) is 12.4 Å². The predicted molar refractivity (Wildman–Crippen MR) is 359 cm³/mol. The number of unbranched alkanes of at least 4 members (excludes halogenated alkanes) is 18. The van der Waals surface area contributed by atoms with Gasteiger partial charge in [0.2, 0.25) is 0 Å². The van der Waals surface area contributed by atoms with Crippen molar-refractivity contribution in [2.45, 2.75) is 320 Å². The average molecular weight is 1290 g/mol. The number of carbonyl (C=O) groups is 3. The summed E-state index contributed by atoms with van der Waals surface area (Å²) in [7, 11) is 0. The number of hydrogen-bond donors (Lipinski definition) is 8. The first-order valence-corrected chi connectivity index (χ1v) is 35.0. The SMILES string of the molecule is CCCCCC(=O)O.O=C(O)CCCCCCCCC/C=C\C=C\C(O)C1CCCCC1.O=CCCCC/C=C\C=C\C(O)C1CCCCC1.OCCCCC/C=C\C#CC(O)C1CCCCC1.OCCCCC/C=C\C=C\C(O)C1CCCCC1.[Br-]. The Bertz CT molecular complexity index is 1800. The van der Waals surface area contributed by atoms with Crippen molar-refractivity contribution < 1.29 is 72.2 Å². The Labute approximate surface area is 541 Å². The van der Waals surface area contributed by atoms with Gasteiger partial charge in [-0.2, -0.15) is 0 Å². The molecule has 0 radical (unpaired) electrons. The Hall–Kier alpha value is -3.41. The highest BCUT2D eigenvalue weighted by atomic mass is 79.9. The van der Waals surface area contributed by atoms with Gasteiger partial charge in [0, 0.05) is 32.5 Å². The summed E-state index contributed by atoms with van der Waals surface area (Å²) in [6.07, 6.45) is 77.2.